The van der Waals surface area contributed by atoms with Gasteiger partial charge >= 0.3 is 0 Å². The number of anilines is 1. The first-order valence-corrected chi connectivity index (χ1v) is 9.33. The number of ether oxygens (including phenoxy) is 1. The van der Waals surface area contributed by atoms with Gasteiger partial charge in [0.1, 0.15) is 5.82 Å². The number of piperazine rings is 1. The fraction of sp³-hybridized carbons (Fsp3) is 0.381. The highest BCUT2D eigenvalue weighted by molar-refractivity contribution is 5.78. The Morgan fingerprint density at radius 3 is 2.57 bits per heavy atom. The van der Waals surface area contributed by atoms with Crippen molar-refractivity contribution >= 4 is 11.6 Å². The van der Waals surface area contributed by atoms with E-state index in [0.717, 1.165) is 31.9 Å². The molecule has 2 aromatic carbocycles. The molecule has 1 aliphatic heterocycles. The number of rotatable bonds is 6. The van der Waals surface area contributed by atoms with Crippen molar-refractivity contribution in [1.82, 2.24) is 10.2 Å². The molecule has 0 aliphatic carbocycles. The average molecular weight is 389 g/mol. The predicted octanol–water partition coefficient (Wildman–Crippen LogP) is 2.97. The summed E-state index contributed by atoms with van der Waals surface area (Å²) in [6.45, 7) is 5.01. The van der Waals surface area contributed by atoms with Crippen molar-refractivity contribution in [3.05, 3.63) is 59.7 Å². The lowest BCUT2D eigenvalue weighted by Crippen LogP contribution is -2.45. The summed E-state index contributed by atoms with van der Waals surface area (Å²) in [5, 5.41) is 2.81. The highest BCUT2D eigenvalue weighted by atomic mass is 19.1. The lowest BCUT2D eigenvalue weighted by Gasteiger charge is -2.36. The number of likely N-dealkylation sites (N-methyl/N-ethyl adjacent to an activating group) is 1. The van der Waals surface area contributed by atoms with E-state index in [1.54, 1.807) is 25.1 Å². The van der Waals surface area contributed by atoms with E-state index >= 15 is 0 Å². The maximum atomic E-state index is 13.9. The summed E-state index contributed by atoms with van der Waals surface area (Å²) >= 11 is 0. The number of para-hydroxylation sites is 1. The van der Waals surface area contributed by atoms with E-state index in [0.29, 0.717) is 5.56 Å². The molecule has 1 aliphatic rings. The maximum Gasteiger partial charge on any atom is 0.258 e. The molecule has 3 rings (SSSR count). The van der Waals surface area contributed by atoms with Crippen LogP contribution in [0.4, 0.5) is 14.5 Å². The van der Waals surface area contributed by atoms with E-state index < -0.39 is 17.8 Å². The van der Waals surface area contributed by atoms with Gasteiger partial charge in [-0.2, -0.15) is 0 Å². The Bertz CT molecular complexity index is 823. The molecule has 28 heavy (non-hydrogen) atoms. The van der Waals surface area contributed by atoms with Crippen LogP contribution in [-0.2, 0) is 4.79 Å². The van der Waals surface area contributed by atoms with Crippen molar-refractivity contribution in [1.29, 1.82) is 0 Å². The van der Waals surface area contributed by atoms with Crippen LogP contribution >= 0.6 is 0 Å². The van der Waals surface area contributed by atoms with Gasteiger partial charge in [0.25, 0.3) is 5.91 Å². The zero-order chi connectivity index (χ0) is 20.1. The van der Waals surface area contributed by atoms with E-state index in [2.05, 4.69) is 22.2 Å². The third kappa shape index (κ3) is 4.98. The Kier molecular flexibility index (Phi) is 6.46. The number of carbonyl (C=O) groups excluding carboxylic acids is 1. The smallest absolute Gasteiger partial charge is 0.258 e. The Morgan fingerprint density at radius 2 is 1.86 bits per heavy atom. The average Bonchev–Trinajstić information content (AvgIpc) is 2.68. The highest BCUT2D eigenvalue weighted by Crippen LogP contribution is 2.28. The van der Waals surface area contributed by atoms with Gasteiger partial charge < -0.3 is 19.9 Å². The first kappa shape index (κ1) is 20.1. The van der Waals surface area contributed by atoms with E-state index in [9.17, 15) is 13.6 Å². The molecular weight excluding hydrogens is 364 g/mol. The van der Waals surface area contributed by atoms with Crippen LogP contribution in [0.25, 0.3) is 0 Å². The minimum Gasteiger partial charge on any atom is -0.481 e. The number of benzene rings is 2. The molecule has 7 heteroatoms. The number of nitrogens with zero attached hydrogens (tertiary/aromatic N) is 2. The summed E-state index contributed by atoms with van der Waals surface area (Å²) in [7, 11) is 2.07. The molecule has 1 fully saturated rings. The molecule has 5 nitrogen and oxygen atoms in total. The van der Waals surface area contributed by atoms with E-state index in [4.69, 9.17) is 4.74 Å². The second-order valence-corrected chi connectivity index (χ2v) is 7.00. The van der Waals surface area contributed by atoms with Gasteiger partial charge in [0.15, 0.2) is 18.2 Å². The van der Waals surface area contributed by atoms with Crippen LogP contribution in [0.3, 0.4) is 0 Å². The lowest BCUT2D eigenvalue weighted by atomic mass is 10.0. The fourth-order valence-corrected chi connectivity index (χ4v) is 3.27. The molecule has 0 radical (unpaired) electrons. The van der Waals surface area contributed by atoms with Gasteiger partial charge in [-0.25, -0.2) is 8.78 Å². The quantitative estimate of drug-likeness (QED) is 0.825. The summed E-state index contributed by atoms with van der Waals surface area (Å²) in [6, 6.07) is 10.1. The predicted molar refractivity (Wildman–Crippen MR) is 105 cm³/mol. The highest BCUT2D eigenvalue weighted by Gasteiger charge is 2.21. The molecule has 2 aromatic rings. The van der Waals surface area contributed by atoms with Crippen molar-refractivity contribution < 1.29 is 18.3 Å². The third-order valence-electron chi connectivity index (χ3n) is 4.87. The van der Waals surface area contributed by atoms with Crippen LogP contribution < -0.4 is 15.0 Å². The van der Waals surface area contributed by atoms with Crippen LogP contribution in [0.2, 0.25) is 0 Å². The van der Waals surface area contributed by atoms with Crippen molar-refractivity contribution in [3.63, 3.8) is 0 Å². The Morgan fingerprint density at radius 1 is 1.14 bits per heavy atom. The summed E-state index contributed by atoms with van der Waals surface area (Å²) in [4.78, 5) is 16.7. The number of halogens is 2. The van der Waals surface area contributed by atoms with Crippen LogP contribution in [-0.4, -0.2) is 50.6 Å². The minimum absolute atomic E-state index is 0.0224. The standard InChI is InChI=1S/C21H25F2N3O2/c1-15(24-21(27)14-28-20-6-4-3-5-18(20)23)17-13-16(22)7-8-19(17)26-11-9-25(2)10-12-26/h3-8,13,15H,9-12,14H2,1-2H3,(H,24,27). The van der Waals surface area contributed by atoms with Crippen molar-refractivity contribution in [2.45, 2.75) is 13.0 Å². The first-order chi connectivity index (χ1) is 13.4. The van der Waals surface area contributed by atoms with Gasteiger partial charge in [-0.1, -0.05) is 12.1 Å². The minimum atomic E-state index is -0.522. The fourth-order valence-electron chi connectivity index (χ4n) is 3.27. The third-order valence-corrected chi connectivity index (χ3v) is 4.87. The molecular formula is C21H25F2N3O2. The zero-order valence-corrected chi connectivity index (χ0v) is 16.1. The van der Waals surface area contributed by atoms with Crippen molar-refractivity contribution in [2.24, 2.45) is 0 Å². The Hall–Kier alpha value is -2.67. The van der Waals surface area contributed by atoms with Gasteiger partial charge in [0.2, 0.25) is 0 Å². The molecule has 1 N–H and O–H groups in total. The number of hydrogen-bond donors (Lipinski definition) is 1. The van der Waals surface area contributed by atoms with Crippen LogP contribution in [0.15, 0.2) is 42.5 Å². The van der Waals surface area contributed by atoms with Gasteiger partial charge in [-0.3, -0.25) is 4.79 Å². The Balaban J connectivity index is 1.66. The summed E-state index contributed by atoms with van der Waals surface area (Å²) in [5.41, 5.74) is 1.63. The molecule has 0 aromatic heterocycles. The molecule has 150 valence electrons. The van der Waals surface area contributed by atoms with Crippen molar-refractivity contribution in [3.8, 4) is 5.75 Å². The molecule has 1 saturated heterocycles. The van der Waals surface area contributed by atoms with E-state index in [1.165, 1.54) is 24.3 Å². The normalized spacial score (nSPS) is 15.9. The van der Waals surface area contributed by atoms with Gasteiger partial charge in [0, 0.05) is 37.4 Å². The first-order valence-electron chi connectivity index (χ1n) is 9.33. The molecule has 0 spiro atoms. The summed E-state index contributed by atoms with van der Waals surface area (Å²) in [6.07, 6.45) is 0. The van der Waals surface area contributed by atoms with Crippen molar-refractivity contribution in [2.75, 3.05) is 44.7 Å². The van der Waals surface area contributed by atoms with E-state index in [-0.39, 0.29) is 18.2 Å². The maximum absolute atomic E-state index is 13.9. The van der Waals surface area contributed by atoms with Gasteiger partial charge in [-0.15, -0.1) is 0 Å². The number of hydrogen-bond acceptors (Lipinski definition) is 4. The van der Waals surface area contributed by atoms with Crippen LogP contribution in [0, 0.1) is 11.6 Å². The van der Waals surface area contributed by atoms with Crippen LogP contribution in [0.1, 0.15) is 18.5 Å². The van der Waals surface area contributed by atoms with E-state index in [1.807, 2.05) is 0 Å². The molecule has 1 unspecified atom stereocenters. The summed E-state index contributed by atoms with van der Waals surface area (Å²) in [5.74, 6) is -1.25. The lowest BCUT2D eigenvalue weighted by molar-refractivity contribution is -0.123. The number of carbonyl (C=O) groups is 1. The van der Waals surface area contributed by atoms with Gasteiger partial charge in [-0.05, 0) is 44.3 Å². The molecule has 1 amide bonds. The number of amides is 1. The summed E-state index contributed by atoms with van der Waals surface area (Å²) < 4.78 is 32.7. The monoisotopic (exact) mass is 389 g/mol. The Labute approximate surface area is 163 Å². The topological polar surface area (TPSA) is 44.8 Å². The molecule has 1 atom stereocenters. The zero-order valence-electron chi connectivity index (χ0n) is 16.1. The number of nitrogens with one attached hydrogen (secondary N) is 1. The van der Waals surface area contributed by atoms with Crippen LogP contribution in [0.5, 0.6) is 5.75 Å². The largest absolute Gasteiger partial charge is 0.481 e. The molecule has 0 bridgehead atoms. The SMILES string of the molecule is CC(NC(=O)COc1ccccc1F)c1cc(F)ccc1N1CCN(C)CC1. The molecule has 1 heterocycles. The molecule has 0 saturated carbocycles. The second-order valence-electron chi connectivity index (χ2n) is 7.00. The second kappa shape index (κ2) is 9.01. The van der Waals surface area contributed by atoms with Gasteiger partial charge in [0.05, 0.1) is 6.04 Å².